The van der Waals surface area contributed by atoms with E-state index in [9.17, 15) is 9.90 Å². The first-order valence-electron chi connectivity index (χ1n) is 8.07. The number of epoxide rings is 1. The summed E-state index contributed by atoms with van der Waals surface area (Å²) < 4.78 is 10.3. The van der Waals surface area contributed by atoms with Gasteiger partial charge in [-0.3, -0.25) is 0 Å². The molecule has 4 atom stereocenters. The molecule has 23 heavy (non-hydrogen) atoms. The van der Waals surface area contributed by atoms with Gasteiger partial charge in [0.2, 0.25) is 0 Å². The summed E-state index contributed by atoms with van der Waals surface area (Å²) in [5, 5.41) is 9.63. The average Bonchev–Trinajstić information content (AvgIpc) is 3.25. The number of hydrogen-bond donors (Lipinski definition) is 1. The van der Waals surface area contributed by atoms with E-state index < -0.39 is 0 Å². The van der Waals surface area contributed by atoms with Crippen LogP contribution in [0.1, 0.15) is 31.9 Å². The van der Waals surface area contributed by atoms with E-state index >= 15 is 0 Å². The van der Waals surface area contributed by atoms with E-state index in [-0.39, 0.29) is 30.2 Å². The van der Waals surface area contributed by atoms with Gasteiger partial charge in [-0.25, -0.2) is 4.79 Å². The molecule has 0 radical (unpaired) electrons. The molecule has 1 aromatic carbocycles. The van der Waals surface area contributed by atoms with E-state index in [1.165, 1.54) is 24.3 Å². The van der Waals surface area contributed by atoms with Gasteiger partial charge in [-0.15, -0.1) is 0 Å². The summed E-state index contributed by atoms with van der Waals surface area (Å²) in [5.41, 5.74) is 3.36. The molecule has 1 aliphatic heterocycles. The number of aliphatic hydroxyl groups excluding tert-OH is 1. The van der Waals surface area contributed by atoms with Crippen LogP contribution in [0.2, 0.25) is 0 Å². The minimum Gasteiger partial charge on any atom is -0.466 e. The Bertz CT molecular complexity index is 576. The number of ether oxygens (including phenoxy) is 2. The molecule has 4 nitrogen and oxygen atoms in total. The Morgan fingerprint density at radius 1 is 1.39 bits per heavy atom. The SMILES string of the molecule is COC(=O)/C=C(/C)Cc1cccc(C[C@@H]2O[C@H]2[C@@H](C)[C@H](C)O)c1. The molecule has 1 aromatic rings. The third kappa shape index (κ3) is 5.19. The van der Waals surface area contributed by atoms with Gasteiger partial charge in [-0.2, -0.15) is 0 Å². The molecule has 1 fully saturated rings. The van der Waals surface area contributed by atoms with Gasteiger partial charge in [-0.1, -0.05) is 36.8 Å². The van der Waals surface area contributed by atoms with Crippen molar-refractivity contribution in [3.63, 3.8) is 0 Å². The van der Waals surface area contributed by atoms with Gasteiger partial charge < -0.3 is 14.6 Å². The Labute approximate surface area is 138 Å². The van der Waals surface area contributed by atoms with Crippen molar-refractivity contribution in [3.05, 3.63) is 47.0 Å². The number of methoxy groups -OCH3 is 1. The number of rotatable bonds is 7. The van der Waals surface area contributed by atoms with Crippen LogP contribution in [-0.4, -0.2) is 36.5 Å². The molecular weight excluding hydrogens is 292 g/mol. The van der Waals surface area contributed by atoms with Crippen molar-refractivity contribution in [1.82, 2.24) is 0 Å². The van der Waals surface area contributed by atoms with Crippen LogP contribution in [0.3, 0.4) is 0 Å². The van der Waals surface area contributed by atoms with Gasteiger partial charge in [0.1, 0.15) is 0 Å². The van der Waals surface area contributed by atoms with E-state index in [1.54, 1.807) is 6.92 Å². The summed E-state index contributed by atoms with van der Waals surface area (Å²) >= 11 is 0. The number of carbonyl (C=O) groups is 1. The highest BCUT2D eigenvalue weighted by atomic mass is 16.6. The van der Waals surface area contributed by atoms with Crippen LogP contribution in [-0.2, 0) is 27.1 Å². The monoisotopic (exact) mass is 318 g/mol. The Morgan fingerprint density at radius 3 is 2.74 bits per heavy atom. The molecule has 0 saturated carbocycles. The van der Waals surface area contributed by atoms with Crippen molar-refractivity contribution in [2.75, 3.05) is 7.11 Å². The zero-order valence-electron chi connectivity index (χ0n) is 14.3. The third-order valence-electron chi connectivity index (χ3n) is 4.38. The number of carbonyl (C=O) groups excluding carboxylic acids is 1. The van der Waals surface area contributed by atoms with Gasteiger partial charge in [0, 0.05) is 18.4 Å². The van der Waals surface area contributed by atoms with Crippen LogP contribution in [0.25, 0.3) is 0 Å². The third-order valence-corrected chi connectivity index (χ3v) is 4.38. The van der Waals surface area contributed by atoms with Gasteiger partial charge in [0.15, 0.2) is 0 Å². The predicted octanol–water partition coefficient (Wildman–Crippen LogP) is 2.68. The highest BCUT2D eigenvalue weighted by Crippen LogP contribution is 2.34. The quantitative estimate of drug-likeness (QED) is 0.477. The molecule has 0 aliphatic carbocycles. The average molecular weight is 318 g/mol. The van der Waals surface area contributed by atoms with Gasteiger partial charge in [-0.05, 0) is 31.4 Å². The Kier molecular flexibility index (Phi) is 5.97. The molecule has 1 aliphatic rings. The van der Waals surface area contributed by atoms with Crippen molar-refractivity contribution in [1.29, 1.82) is 0 Å². The van der Waals surface area contributed by atoms with Crippen molar-refractivity contribution >= 4 is 5.97 Å². The Balaban J connectivity index is 1.93. The van der Waals surface area contributed by atoms with Gasteiger partial charge in [0.05, 0.1) is 25.4 Å². The van der Waals surface area contributed by atoms with Crippen LogP contribution in [0.5, 0.6) is 0 Å². The molecule has 0 aromatic heterocycles. The van der Waals surface area contributed by atoms with E-state index in [4.69, 9.17) is 4.74 Å². The Hall–Kier alpha value is -1.65. The van der Waals surface area contributed by atoms with Gasteiger partial charge >= 0.3 is 5.97 Å². The van der Waals surface area contributed by atoms with Crippen molar-refractivity contribution in [3.8, 4) is 0 Å². The molecule has 126 valence electrons. The lowest BCUT2D eigenvalue weighted by Crippen LogP contribution is -2.20. The molecule has 4 heteroatoms. The second-order valence-electron chi connectivity index (χ2n) is 6.45. The molecule has 0 amide bonds. The van der Waals surface area contributed by atoms with E-state index in [0.29, 0.717) is 0 Å². The predicted molar refractivity (Wildman–Crippen MR) is 89.1 cm³/mol. The highest BCUT2D eigenvalue weighted by molar-refractivity contribution is 5.82. The maximum atomic E-state index is 11.3. The number of benzene rings is 1. The molecule has 1 N–H and O–H groups in total. The summed E-state index contributed by atoms with van der Waals surface area (Å²) in [5.74, 6) is -0.159. The first-order valence-corrected chi connectivity index (χ1v) is 8.07. The summed E-state index contributed by atoms with van der Waals surface area (Å²) in [6.45, 7) is 5.75. The van der Waals surface area contributed by atoms with E-state index in [2.05, 4.69) is 22.9 Å². The first-order chi connectivity index (χ1) is 10.9. The smallest absolute Gasteiger partial charge is 0.330 e. The van der Waals surface area contributed by atoms with Crippen molar-refractivity contribution < 1.29 is 19.4 Å². The second-order valence-corrected chi connectivity index (χ2v) is 6.45. The molecule has 0 spiro atoms. The summed E-state index contributed by atoms with van der Waals surface area (Å²) in [7, 11) is 1.38. The van der Waals surface area contributed by atoms with Crippen molar-refractivity contribution in [2.24, 2.45) is 5.92 Å². The zero-order chi connectivity index (χ0) is 17.0. The highest BCUT2D eigenvalue weighted by Gasteiger charge is 2.44. The maximum absolute atomic E-state index is 11.3. The fourth-order valence-electron chi connectivity index (χ4n) is 2.79. The number of allylic oxidation sites excluding steroid dienone is 1. The normalized spacial score (nSPS) is 23.3. The molecular formula is C19H26O4. The van der Waals surface area contributed by atoms with Crippen LogP contribution in [0, 0.1) is 5.92 Å². The molecule has 0 bridgehead atoms. The largest absolute Gasteiger partial charge is 0.466 e. The van der Waals surface area contributed by atoms with Crippen LogP contribution in [0.4, 0.5) is 0 Å². The van der Waals surface area contributed by atoms with E-state index in [1.807, 2.05) is 19.9 Å². The number of hydrogen-bond acceptors (Lipinski definition) is 4. The van der Waals surface area contributed by atoms with Crippen molar-refractivity contribution in [2.45, 2.75) is 51.9 Å². The number of esters is 1. The fourth-order valence-corrected chi connectivity index (χ4v) is 2.79. The maximum Gasteiger partial charge on any atom is 0.330 e. The van der Waals surface area contributed by atoms with Crippen LogP contribution >= 0.6 is 0 Å². The van der Waals surface area contributed by atoms with Crippen LogP contribution < -0.4 is 0 Å². The lowest BCUT2D eigenvalue weighted by Gasteiger charge is -2.11. The fraction of sp³-hybridized carbons (Fsp3) is 0.526. The topological polar surface area (TPSA) is 59.1 Å². The zero-order valence-corrected chi connectivity index (χ0v) is 14.3. The minimum atomic E-state index is -0.345. The summed E-state index contributed by atoms with van der Waals surface area (Å²) in [4.78, 5) is 11.3. The second kappa shape index (κ2) is 7.75. The molecule has 1 saturated heterocycles. The van der Waals surface area contributed by atoms with Crippen LogP contribution in [0.15, 0.2) is 35.9 Å². The first kappa shape index (κ1) is 17.7. The van der Waals surface area contributed by atoms with Gasteiger partial charge in [0.25, 0.3) is 0 Å². The number of aliphatic hydroxyl groups is 1. The standard InChI is InChI=1S/C19H26O4/c1-12(9-18(21)22-4)8-15-6-5-7-16(10-15)11-17-19(23-17)13(2)14(3)20/h5-7,9-10,13-14,17,19-20H,8,11H2,1-4H3/b12-9-/t13-,14-,17-,19-/m0/s1. The molecule has 2 rings (SSSR count). The molecule has 0 unspecified atom stereocenters. The lowest BCUT2D eigenvalue weighted by molar-refractivity contribution is -0.134. The Morgan fingerprint density at radius 2 is 2.09 bits per heavy atom. The summed E-state index contributed by atoms with van der Waals surface area (Å²) in [6.07, 6.45) is 3.11. The summed E-state index contributed by atoms with van der Waals surface area (Å²) in [6, 6.07) is 8.34. The minimum absolute atomic E-state index is 0.152. The van der Waals surface area contributed by atoms with E-state index in [0.717, 1.165) is 18.4 Å². The lowest BCUT2D eigenvalue weighted by atomic mass is 9.96. The molecule has 1 heterocycles.